The van der Waals surface area contributed by atoms with Gasteiger partial charge in [0.05, 0.1) is 11.6 Å². The van der Waals surface area contributed by atoms with Crippen LogP contribution in [-0.2, 0) is 4.74 Å². The Labute approximate surface area is 125 Å². The maximum absolute atomic E-state index is 11.6. The Bertz CT molecular complexity index is 439. The maximum Gasteiger partial charge on any atom is 0.357 e. The molecule has 1 aromatic rings. The summed E-state index contributed by atoms with van der Waals surface area (Å²) < 4.78 is 4.99. The Morgan fingerprint density at radius 1 is 1.50 bits per heavy atom. The lowest BCUT2D eigenvalue weighted by Crippen LogP contribution is -2.39. The summed E-state index contributed by atoms with van der Waals surface area (Å²) >= 11 is 1.60. The molecule has 1 aliphatic rings. The number of rotatable bonds is 5. The molecule has 1 saturated heterocycles. The van der Waals surface area contributed by atoms with E-state index in [9.17, 15) is 4.79 Å². The van der Waals surface area contributed by atoms with Crippen LogP contribution in [0.2, 0.25) is 0 Å². The Balaban J connectivity index is 1.92. The molecule has 0 amide bonds. The Morgan fingerprint density at radius 3 is 2.80 bits per heavy atom. The molecular formula is C15H24N2O2S. The van der Waals surface area contributed by atoms with E-state index >= 15 is 0 Å². The molecule has 0 N–H and O–H groups in total. The van der Waals surface area contributed by atoms with Crippen molar-refractivity contribution in [2.24, 2.45) is 0 Å². The smallest absolute Gasteiger partial charge is 0.357 e. The fourth-order valence-electron chi connectivity index (χ4n) is 2.62. The maximum atomic E-state index is 11.6. The summed E-state index contributed by atoms with van der Waals surface area (Å²) in [5, 5.41) is 2.92. The second kappa shape index (κ2) is 7.18. The standard InChI is InChI=1S/C15H24N2O2S/c1-4-11(3)17-8-6-12(7-9-17)14-16-13(10-20-14)15(18)19-5-2/h10-12H,4-9H2,1-3H3/t11-/m0/s1. The van der Waals surface area contributed by atoms with Crippen LogP contribution < -0.4 is 0 Å². The van der Waals surface area contributed by atoms with Gasteiger partial charge >= 0.3 is 5.97 Å². The molecule has 0 bridgehead atoms. The molecule has 4 nitrogen and oxygen atoms in total. The zero-order valence-electron chi connectivity index (χ0n) is 12.6. The van der Waals surface area contributed by atoms with Gasteiger partial charge in [-0.3, -0.25) is 0 Å². The SMILES string of the molecule is CCOC(=O)c1csc(C2CCN([C@@H](C)CC)CC2)n1. The van der Waals surface area contributed by atoms with Gasteiger partial charge in [0.1, 0.15) is 0 Å². The molecule has 0 saturated carbocycles. The van der Waals surface area contributed by atoms with Crippen molar-refractivity contribution in [3.8, 4) is 0 Å². The van der Waals surface area contributed by atoms with E-state index in [0.29, 0.717) is 24.3 Å². The van der Waals surface area contributed by atoms with Gasteiger partial charge < -0.3 is 9.64 Å². The van der Waals surface area contributed by atoms with Gasteiger partial charge in [-0.1, -0.05) is 6.92 Å². The van der Waals surface area contributed by atoms with Gasteiger partial charge in [-0.05, 0) is 46.2 Å². The summed E-state index contributed by atoms with van der Waals surface area (Å²) in [5.74, 6) is 0.204. The predicted molar refractivity (Wildman–Crippen MR) is 81.4 cm³/mol. The number of hydrogen-bond acceptors (Lipinski definition) is 5. The summed E-state index contributed by atoms with van der Waals surface area (Å²) in [4.78, 5) is 18.7. The number of carbonyl (C=O) groups excluding carboxylic acids is 1. The topological polar surface area (TPSA) is 42.4 Å². The first-order valence-electron chi connectivity index (χ1n) is 7.52. The molecule has 112 valence electrons. The third-order valence-corrected chi connectivity index (χ3v) is 5.11. The fraction of sp³-hybridized carbons (Fsp3) is 0.733. The Hall–Kier alpha value is -0.940. The zero-order valence-corrected chi connectivity index (χ0v) is 13.4. The van der Waals surface area contributed by atoms with Gasteiger partial charge in [0, 0.05) is 17.3 Å². The quantitative estimate of drug-likeness (QED) is 0.782. The average Bonchev–Trinajstić information content (AvgIpc) is 2.97. The molecule has 2 heterocycles. The van der Waals surface area contributed by atoms with Crippen molar-refractivity contribution < 1.29 is 9.53 Å². The average molecular weight is 296 g/mol. The number of hydrogen-bond donors (Lipinski definition) is 0. The molecule has 20 heavy (non-hydrogen) atoms. The van der Waals surface area contributed by atoms with Crippen molar-refractivity contribution in [3.05, 3.63) is 16.1 Å². The van der Waals surface area contributed by atoms with Gasteiger partial charge in [0.25, 0.3) is 0 Å². The van der Waals surface area contributed by atoms with Crippen LogP contribution in [0.15, 0.2) is 5.38 Å². The number of piperidine rings is 1. The summed E-state index contributed by atoms with van der Waals surface area (Å²) in [7, 11) is 0. The van der Waals surface area contributed by atoms with Crippen LogP contribution >= 0.6 is 11.3 Å². The monoisotopic (exact) mass is 296 g/mol. The van der Waals surface area contributed by atoms with Crippen LogP contribution in [0.4, 0.5) is 0 Å². The van der Waals surface area contributed by atoms with Crippen molar-refractivity contribution in [3.63, 3.8) is 0 Å². The van der Waals surface area contributed by atoms with Crippen molar-refractivity contribution in [1.82, 2.24) is 9.88 Å². The summed E-state index contributed by atoms with van der Waals surface area (Å²) in [5.41, 5.74) is 0.469. The van der Waals surface area contributed by atoms with E-state index in [4.69, 9.17) is 4.74 Å². The van der Waals surface area contributed by atoms with E-state index in [0.717, 1.165) is 30.9 Å². The molecular weight excluding hydrogens is 272 g/mol. The number of aromatic nitrogens is 1. The van der Waals surface area contributed by atoms with E-state index < -0.39 is 0 Å². The van der Waals surface area contributed by atoms with Crippen molar-refractivity contribution in [2.45, 2.75) is 52.0 Å². The molecule has 1 aliphatic heterocycles. The number of carbonyl (C=O) groups is 1. The molecule has 1 atom stereocenters. The number of esters is 1. The number of likely N-dealkylation sites (tertiary alicyclic amines) is 1. The molecule has 1 fully saturated rings. The predicted octanol–water partition coefficient (Wildman–Crippen LogP) is 3.30. The highest BCUT2D eigenvalue weighted by molar-refractivity contribution is 7.09. The molecule has 2 rings (SSSR count). The minimum atomic E-state index is -0.299. The van der Waals surface area contributed by atoms with Crippen molar-refractivity contribution in [1.29, 1.82) is 0 Å². The van der Waals surface area contributed by atoms with Crippen LogP contribution in [-0.4, -0.2) is 41.6 Å². The molecule has 0 aliphatic carbocycles. The normalized spacial score (nSPS) is 18.9. The molecule has 0 radical (unpaired) electrons. The third-order valence-electron chi connectivity index (χ3n) is 4.10. The second-order valence-electron chi connectivity index (χ2n) is 5.36. The largest absolute Gasteiger partial charge is 0.461 e. The van der Waals surface area contributed by atoms with Gasteiger partial charge in [-0.15, -0.1) is 11.3 Å². The minimum absolute atomic E-state index is 0.299. The summed E-state index contributed by atoms with van der Waals surface area (Å²) in [6, 6.07) is 0.669. The molecule has 0 spiro atoms. The molecule has 1 aromatic heterocycles. The van der Waals surface area contributed by atoms with E-state index in [1.165, 1.54) is 6.42 Å². The van der Waals surface area contributed by atoms with Gasteiger partial charge in [0.2, 0.25) is 0 Å². The first kappa shape index (κ1) is 15.4. The van der Waals surface area contributed by atoms with Gasteiger partial charge in [-0.25, -0.2) is 9.78 Å². The van der Waals surface area contributed by atoms with E-state index in [-0.39, 0.29) is 5.97 Å². The number of nitrogens with zero attached hydrogens (tertiary/aromatic N) is 2. The number of ether oxygens (including phenoxy) is 1. The highest BCUT2D eigenvalue weighted by Gasteiger charge is 2.25. The van der Waals surface area contributed by atoms with E-state index in [2.05, 4.69) is 23.7 Å². The molecule has 5 heteroatoms. The number of thiazole rings is 1. The van der Waals surface area contributed by atoms with Crippen LogP contribution in [0.5, 0.6) is 0 Å². The lowest BCUT2D eigenvalue weighted by Gasteiger charge is -2.35. The lowest BCUT2D eigenvalue weighted by molar-refractivity contribution is 0.0520. The Kier molecular flexibility index (Phi) is 5.54. The second-order valence-corrected chi connectivity index (χ2v) is 6.25. The van der Waals surface area contributed by atoms with Crippen molar-refractivity contribution >= 4 is 17.3 Å². The fourth-order valence-corrected chi connectivity index (χ4v) is 3.58. The first-order valence-corrected chi connectivity index (χ1v) is 8.40. The van der Waals surface area contributed by atoms with E-state index in [1.54, 1.807) is 11.3 Å². The third kappa shape index (κ3) is 3.58. The highest BCUT2D eigenvalue weighted by Crippen LogP contribution is 2.31. The molecule has 0 aromatic carbocycles. The zero-order chi connectivity index (χ0) is 14.5. The van der Waals surface area contributed by atoms with Gasteiger partial charge in [-0.2, -0.15) is 0 Å². The van der Waals surface area contributed by atoms with Crippen LogP contribution in [0.25, 0.3) is 0 Å². The van der Waals surface area contributed by atoms with Crippen LogP contribution in [0.3, 0.4) is 0 Å². The minimum Gasteiger partial charge on any atom is -0.461 e. The lowest BCUT2D eigenvalue weighted by atomic mass is 9.96. The van der Waals surface area contributed by atoms with Crippen LogP contribution in [0, 0.1) is 0 Å². The summed E-state index contributed by atoms with van der Waals surface area (Å²) in [6.07, 6.45) is 3.48. The van der Waals surface area contributed by atoms with Crippen LogP contribution in [0.1, 0.15) is 61.4 Å². The van der Waals surface area contributed by atoms with Gasteiger partial charge in [0.15, 0.2) is 5.69 Å². The Morgan fingerprint density at radius 2 is 2.20 bits per heavy atom. The van der Waals surface area contributed by atoms with Crippen molar-refractivity contribution in [2.75, 3.05) is 19.7 Å². The highest BCUT2D eigenvalue weighted by atomic mass is 32.1. The first-order chi connectivity index (χ1) is 9.65. The van der Waals surface area contributed by atoms with E-state index in [1.807, 2.05) is 12.3 Å². The molecule has 0 unspecified atom stereocenters. The summed E-state index contributed by atoms with van der Waals surface area (Å²) in [6.45, 7) is 9.02.